The summed E-state index contributed by atoms with van der Waals surface area (Å²) in [7, 11) is 3.85. The lowest BCUT2D eigenvalue weighted by atomic mass is 9.79. The molecule has 61 heavy (non-hydrogen) atoms. The third-order valence-electron chi connectivity index (χ3n) is 8.01. The van der Waals surface area contributed by atoms with Gasteiger partial charge >= 0.3 is 74.3 Å². The maximum Gasteiger partial charge on any atom is 0.336 e. The Balaban J connectivity index is 0.000000384. The number of rotatable bonds is 8. The molecule has 1 aliphatic rings. The number of urea groups is 1. The topological polar surface area (TPSA) is 404 Å². The first-order valence-corrected chi connectivity index (χ1v) is 17.1. The van der Waals surface area contributed by atoms with E-state index >= 15 is 0 Å². The van der Waals surface area contributed by atoms with E-state index in [0.29, 0.717) is 12.8 Å². The molecule has 29 heteroatoms. The first-order chi connectivity index (χ1) is 28.5. The van der Waals surface area contributed by atoms with Crippen molar-refractivity contribution >= 4 is 17.8 Å². The molecule has 0 atom stereocenters. The van der Waals surface area contributed by atoms with Crippen LogP contribution in [0.25, 0.3) is 0 Å². The maximum atomic E-state index is 11.6. The Morgan fingerprint density at radius 1 is 0.426 bits per heavy atom. The Bertz CT molecular complexity index is 2870. The Labute approximate surface area is 336 Å². The minimum absolute atomic E-state index is 0.0611. The summed E-state index contributed by atoms with van der Waals surface area (Å²) in [5.41, 5.74) is -9.68. The number of imide groups is 2. The molecule has 0 aliphatic carbocycles. The van der Waals surface area contributed by atoms with Gasteiger partial charge in [-0.3, -0.25) is 50.1 Å². The fraction of sp³-hybridized carbons (Fsp3) is 0.344. The van der Waals surface area contributed by atoms with E-state index in [9.17, 15) is 71.9 Å². The number of barbiturate groups is 1. The molecule has 0 radical (unpaired) electrons. The van der Waals surface area contributed by atoms with E-state index in [4.69, 9.17) is 0 Å². The maximum absolute atomic E-state index is 11.6. The smallest absolute Gasteiger partial charge is 0.277 e. The Kier molecular flexibility index (Phi) is 18.6. The van der Waals surface area contributed by atoms with E-state index in [1.807, 2.05) is 29.9 Å². The normalized spacial score (nSPS) is 12.2. The Hall–Kier alpha value is -8.53. The van der Waals surface area contributed by atoms with Crippen molar-refractivity contribution in [2.45, 2.75) is 46.3 Å². The monoisotopic (exact) mass is 862 g/mol. The second kappa shape index (κ2) is 22.4. The molecule has 5 heterocycles. The van der Waals surface area contributed by atoms with Crippen molar-refractivity contribution in [3.8, 4) is 0 Å². The van der Waals surface area contributed by atoms with Gasteiger partial charge in [0, 0.05) is 21.1 Å². The van der Waals surface area contributed by atoms with Crippen molar-refractivity contribution in [3.05, 3.63) is 164 Å². The quantitative estimate of drug-likeness (QED) is 0.0603. The third kappa shape index (κ3) is 13.0. The number of carbonyl (C=O) groups excluding carboxylic acids is 3. The Morgan fingerprint density at radius 2 is 0.721 bits per heavy atom. The van der Waals surface area contributed by atoms with E-state index in [1.165, 1.54) is 39.4 Å². The minimum Gasteiger partial charge on any atom is -0.277 e. The van der Waals surface area contributed by atoms with Gasteiger partial charge in [-0.05, 0) is 12.8 Å². The van der Waals surface area contributed by atoms with Crippen LogP contribution in [0.1, 0.15) is 26.7 Å². The number of hydrogen-bond acceptors (Lipinski definition) is 15. The summed E-state index contributed by atoms with van der Waals surface area (Å²) in [5.74, 6) is -0.988. The van der Waals surface area contributed by atoms with Crippen molar-refractivity contribution in [1.82, 2.24) is 67.9 Å². The highest BCUT2D eigenvalue weighted by Crippen LogP contribution is 2.28. The van der Waals surface area contributed by atoms with Crippen LogP contribution >= 0.6 is 0 Å². The van der Waals surface area contributed by atoms with Gasteiger partial charge in [0.05, 0.1) is 19.6 Å². The SMILES string of the molecule is C=CCn1c(=O)[nH]c(=O)[nH]c1=O.C=CCn1c(=O)[nH]c(=O)n(CC=C)c1=O.CCC1(CC)C(=O)NC(=O)NC1=O.Cn1c(=O)[nH]c(=O)[nH]c1=O.Cn1c(=O)[nH]c(=O)n(C)c1=O. The highest BCUT2D eigenvalue weighted by Gasteiger charge is 2.47. The predicted molar refractivity (Wildman–Crippen MR) is 213 cm³/mol. The van der Waals surface area contributed by atoms with Crippen LogP contribution in [0.15, 0.2) is 95.5 Å². The molecule has 0 aromatic carbocycles. The summed E-state index contributed by atoms with van der Waals surface area (Å²) in [6.45, 7) is 13.9. The lowest BCUT2D eigenvalue weighted by Crippen LogP contribution is -2.61. The molecule has 330 valence electrons. The standard InChI is InChI=1S/C9H11N3O3.C8H12N2O3.C6H7N3O3.C5H7N3O3.C4H5N3O3/c1-3-5-11-7(13)10-8(14)12(6-4-2)9(11)15;1-3-8(4-2)5(11)9-7(13)10-6(8)12;1-2-3-9-5(11)7-4(10)8-6(9)12;1-7-3(9)6-4(10)8(2)5(7)11;1-7-3(9)5-2(8)6-4(7)10/h3-4H,1-2,5-6H2,(H,10,13,14);3-4H2,1-2H3,(H2,9,10,11,12,13);2H,1,3H2,(H2,7,8,10,11,12);1-2H3,(H,6,9,10);1H3,(H2,5,6,8,9,10). The molecule has 4 aromatic heterocycles. The molecule has 29 nitrogen and oxygen atoms in total. The molecule has 4 aromatic rings. The third-order valence-corrected chi connectivity index (χ3v) is 8.01. The van der Waals surface area contributed by atoms with Gasteiger partial charge < -0.3 is 0 Å². The molecule has 8 N–H and O–H groups in total. The number of aromatic nitrogens is 12. The van der Waals surface area contributed by atoms with Gasteiger partial charge in [0.1, 0.15) is 5.41 Å². The highest BCUT2D eigenvalue weighted by molar-refractivity contribution is 6.19. The van der Waals surface area contributed by atoms with E-state index in [0.717, 1.165) is 27.4 Å². The molecule has 0 saturated carbocycles. The molecule has 1 saturated heterocycles. The molecule has 0 spiro atoms. The summed E-state index contributed by atoms with van der Waals surface area (Å²) >= 11 is 0. The summed E-state index contributed by atoms with van der Waals surface area (Å²) in [6.07, 6.45) is 4.98. The average Bonchev–Trinajstić information content (AvgIpc) is 3.18. The van der Waals surface area contributed by atoms with Crippen molar-refractivity contribution in [2.75, 3.05) is 0 Å². The van der Waals surface area contributed by atoms with E-state index in [1.54, 1.807) is 13.8 Å². The highest BCUT2D eigenvalue weighted by atomic mass is 16.2. The Morgan fingerprint density at radius 3 is 1.07 bits per heavy atom. The summed E-state index contributed by atoms with van der Waals surface area (Å²) in [6, 6.07) is -0.729. The lowest BCUT2D eigenvalue weighted by molar-refractivity contribution is -0.144. The van der Waals surface area contributed by atoms with Gasteiger partial charge in [0.25, 0.3) is 0 Å². The van der Waals surface area contributed by atoms with Crippen molar-refractivity contribution in [1.29, 1.82) is 0 Å². The van der Waals surface area contributed by atoms with Crippen molar-refractivity contribution < 1.29 is 14.4 Å². The number of nitrogens with one attached hydrogen (secondary N) is 8. The largest absolute Gasteiger partial charge is 0.336 e. The molecular weight excluding hydrogens is 820 g/mol. The van der Waals surface area contributed by atoms with Crippen LogP contribution < -0.4 is 78.9 Å². The number of aromatic amines is 6. The van der Waals surface area contributed by atoms with Crippen LogP contribution in [-0.2, 0) is 50.4 Å². The fourth-order valence-corrected chi connectivity index (χ4v) is 4.49. The molecule has 1 aliphatic heterocycles. The van der Waals surface area contributed by atoms with Crippen LogP contribution in [-0.4, -0.2) is 75.2 Å². The van der Waals surface area contributed by atoms with Crippen LogP contribution in [0.4, 0.5) is 4.79 Å². The van der Waals surface area contributed by atoms with Gasteiger partial charge in [-0.1, -0.05) is 32.1 Å². The molecular formula is C32H42N14O15. The second-order valence-electron chi connectivity index (χ2n) is 11.8. The first-order valence-electron chi connectivity index (χ1n) is 17.1. The number of carbonyl (C=O) groups is 3. The van der Waals surface area contributed by atoms with Gasteiger partial charge in [-0.2, -0.15) is 0 Å². The summed E-state index contributed by atoms with van der Waals surface area (Å²) in [5, 5.41) is 4.19. The molecule has 0 unspecified atom stereocenters. The van der Waals surface area contributed by atoms with Crippen LogP contribution in [0.3, 0.4) is 0 Å². The van der Waals surface area contributed by atoms with Gasteiger partial charge in [-0.25, -0.2) is 89.7 Å². The number of amides is 4. The van der Waals surface area contributed by atoms with Gasteiger partial charge in [-0.15, -0.1) is 19.7 Å². The van der Waals surface area contributed by atoms with Crippen molar-refractivity contribution in [2.24, 2.45) is 26.6 Å². The zero-order chi connectivity index (χ0) is 46.9. The van der Waals surface area contributed by atoms with E-state index < -0.39 is 91.5 Å². The van der Waals surface area contributed by atoms with Crippen LogP contribution in [0.2, 0.25) is 0 Å². The summed E-state index contributed by atoms with van der Waals surface area (Å²) < 4.78 is 5.01. The van der Waals surface area contributed by atoms with Gasteiger partial charge in [0.2, 0.25) is 11.8 Å². The number of nitrogens with zero attached hydrogens (tertiary/aromatic N) is 6. The zero-order valence-electron chi connectivity index (χ0n) is 33.2. The van der Waals surface area contributed by atoms with E-state index in [-0.39, 0.29) is 19.6 Å². The van der Waals surface area contributed by atoms with E-state index in [2.05, 4.69) is 30.4 Å². The molecule has 4 amide bonds. The number of H-pyrrole nitrogens is 6. The fourth-order valence-electron chi connectivity index (χ4n) is 4.49. The number of hydrogen-bond donors (Lipinski definition) is 8. The lowest BCUT2D eigenvalue weighted by Gasteiger charge is -2.31. The van der Waals surface area contributed by atoms with Gasteiger partial charge in [0.15, 0.2) is 0 Å². The zero-order valence-corrected chi connectivity index (χ0v) is 33.2. The second-order valence-corrected chi connectivity index (χ2v) is 11.8. The molecule has 5 rings (SSSR count). The average molecular weight is 863 g/mol. The summed E-state index contributed by atoms with van der Waals surface area (Å²) in [4.78, 5) is 175. The molecule has 0 bridgehead atoms. The predicted octanol–water partition coefficient (Wildman–Crippen LogP) is -6.83. The number of allylic oxidation sites excluding steroid dienone is 3. The van der Waals surface area contributed by atoms with Crippen molar-refractivity contribution in [3.63, 3.8) is 0 Å². The first kappa shape index (κ1) is 50.5. The minimum atomic E-state index is -1.06. The molecule has 1 fully saturated rings. The van der Waals surface area contributed by atoms with Crippen LogP contribution in [0.5, 0.6) is 0 Å². The van der Waals surface area contributed by atoms with Crippen LogP contribution in [0, 0.1) is 5.41 Å².